The van der Waals surface area contributed by atoms with Crippen molar-refractivity contribution in [1.29, 1.82) is 0 Å². The predicted octanol–water partition coefficient (Wildman–Crippen LogP) is 2.44. The van der Waals surface area contributed by atoms with Gasteiger partial charge in [0.05, 0.1) is 10.6 Å². The SMILES string of the molecule is CC#CCCc1ccc(S(=O)(=O)CC)cc1. The van der Waals surface area contributed by atoms with E-state index in [1.807, 2.05) is 19.1 Å². The zero-order valence-electron chi connectivity index (χ0n) is 9.66. The Bertz CT molecular complexity index is 487. The van der Waals surface area contributed by atoms with E-state index in [1.54, 1.807) is 19.1 Å². The maximum atomic E-state index is 11.6. The van der Waals surface area contributed by atoms with Crippen molar-refractivity contribution in [3.8, 4) is 11.8 Å². The lowest BCUT2D eigenvalue weighted by atomic mass is 10.1. The van der Waals surface area contributed by atoms with Gasteiger partial charge in [-0.25, -0.2) is 8.42 Å². The van der Waals surface area contributed by atoms with Gasteiger partial charge in [0.2, 0.25) is 0 Å². The highest BCUT2D eigenvalue weighted by atomic mass is 32.2. The highest BCUT2D eigenvalue weighted by molar-refractivity contribution is 7.91. The molecule has 3 heteroatoms. The third-order valence-corrected chi connectivity index (χ3v) is 4.13. The fourth-order valence-corrected chi connectivity index (χ4v) is 2.25. The number of sulfone groups is 1. The minimum atomic E-state index is -3.07. The molecule has 0 atom stereocenters. The van der Waals surface area contributed by atoms with Crippen molar-refractivity contribution in [2.24, 2.45) is 0 Å². The van der Waals surface area contributed by atoms with Gasteiger partial charge in [-0.1, -0.05) is 19.1 Å². The van der Waals surface area contributed by atoms with Crippen LogP contribution < -0.4 is 0 Å². The summed E-state index contributed by atoms with van der Waals surface area (Å²) in [4.78, 5) is 0.403. The zero-order chi connectivity index (χ0) is 12.0. The van der Waals surface area contributed by atoms with Crippen molar-refractivity contribution in [2.45, 2.75) is 31.6 Å². The maximum Gasteiger partial charge on any atom is 0.178 e. The smallest absolute Gasteiger partial charge is 0.178 e. The van der Waals surface area contributed by atoms with Crippen LogP contribution in [0.15, 0.2) is 29.2 Å². The van der Waals surface area contributed by atoms with Crippen molar-refractivity contribution in [3.63, 3.8) is 0 Å². The molecule has 0 spiro atoms. The van der Waals surface area contributed by atoms with Crippen LogP contribution in [0.25, 0.3) is 0 Å². The maximum absolute atomic E-state index is 11.6. The summed E-state index contributed by atoms with van der Waals surface area (Å²) in [5.74, 6) is 5.97. The summed E-state index contributed by atoms with van der Waals surface area (Å²) in [7, 11) is -3.07. The summed E-state index contributed by atoms with van der Waals surface area (Å²) < 4.78 is 23.1. The lowest BCUT2D eigenvalue weighted by Gasteiger charge is -2.02. The van der Waals surface area contributed by atoms with Crippen LogP contribution in [0.3, 0.4) is 0 Å². The second kappa shape index (κ2) is 5.72. The van der Waals surface area contributed by atoms with Crippen LogP contribution in [0.4, 0.5) is 0 Å². The predicted molar refractivity (Wildman–Crippen MR) is 65.9 cm³/mol. The molecule has 1 aromatic rings. The highest BCUT2D eigenvalue weighted by Gasteiger charge is 2.10. The Morgan fingerprint density at radius 3 is 2.31 bits per heavy atom. The molecule has 1 aromatic carbocycles. The number of hydrogen-bond acceptors (Lipinski definition) is 2. The van der Waals surface area contributed by atoms with Crippen LogP contribution in [-0.4, -0.2) is 14.2 Å². The fourth-order valence-electron chi connectivity index (χ4n) is 1.36. The minimum Gasteiger partial charge on any atom is -0.224 e. The second-order valence-corrected chi connectivity index (χ2v) is 5.75. The molecule has 0 amide bonds. The monoisotopic (exact) mass is 236 g/mol. The van der Waals surface area contributed by atoms with Crippen LogP contribution in [0.1, 0.15) is 25.8 Å². The van der Waals surface area contributed by atoms with Gasteiger partial charge in [-0.3, -0.25) is 0 Å². The van der Waals surface area contributed by atoms with E-state index in [0.717, 1.165) is 18.4 Å². The van der Waals surface area contributed by atoms with E-state index in [-0.39, 0.29) is 5.75 Å². The Hall–Kier alpha value is -1.27. The number of rotatable bonds is 4. The van der Waals surface area contributed by atoms with E-state index in [4.69, 9.17) is 0 Å². The van der Waals surface area contributed by atoms with Gasteiger partial charge in [0.1, 0.15) is 0 Å². The third-order valence-electron chi connectivity index (χ3n) is 2.38. The topological polar surface area (TPSA) is 34.1 Å². The molecule has 1 rings (SSSR count). The number of aryl methyl sites for hydroxylation is 1. The summed E-state index contributed by atoms with van der Waals surface area (Å²) in [5.41, 5.74) is 1.12. The van der Waals surface area contributed by atoms with Crippen molar-refractivity contribution in [1.82, 2.24) is 0 Å². The first kappa shape index (κ1) is 12.8. The minimum absolute atomic E-state index is 0.146. The van der Waals surface area contributed by atoms with Gasteiger partial charge in [0, 0.05) is 6.42 Å². The van der Waals surface area contributed by atoms with Crippen LogP contribution in [0.5, 0.6) is 0 Å². The lowest BCUT2D eigenvalue weighted by Crippen LogP contribution is -2.03. The molecule has 0 bridgehead atoms. The standard InChI is InChI=1S/C13H16O2S/c1-3-5-6-7-12-8-10-13(11-9-12)16(14,15)4-2/h8-11H,4,6-7H2,1-2H3. The van der Waals surface area contributed by atoms with Gasteiger partial charge in [0.25, 0.3) is 0 Å². The molecule has 0 aromatic heterocycles. The average Bonchev–Trinajstić information content (AvgIpc) is 2.30. The van der Waals surface area contributed by atoms with Crippen LogP contribution >= 0.6 is 0 Å². The molecule has 0 aliphatic carbocycles. The van der Waals surface area contributed by atoms with E-state index >= 15 is 0 Å². The summed E-state index contributed by atoms with van der Waals surface area (Å²) in [6, 6.07) is 7.07. The molecule has 0 aliphatic heterocycles. The number of hydrogen-bond donors (Lipinski definition) is 0. The van der Waals surface area contributed by atoms with E-state index < -0.39 is 9.84 Å². The van der Waals surface area contributed by atoms with Gasteiger partial charge in [0.15, 0.2) is 9.84 Å². The van der Waals surface area contributed by atoms with Crippen LogP contribution in [0, 0.1) is 11.8 Å². The quantitative estimate of drug-likeness (QED) is 0.752. The van der Waals surface area contributed by atoms with E-state index in [0.29, 0.717) is 4.90 Å². The Kier molecular flexibility index (Phi) is 4.57. The van der Waals surface area contributed by atoms with Crippen molar-refractivity contribution >= 4 is 9.84 Å². The van der Waals surface area contributed by atoms with E-state index in [1.165, 1.54) is 0 Å². The molecule has 0 saturated carbocycles. The van der Waals surface area contributed by atoms with Gasteiger partial charge >= 0.3 is 0 Å². The Morgan fingerprint density at radius 2 is 1.81 bits per heavy atom. The molecule has 0 saturated heterocycles. The molecule has 86 valence electrons. The average molecular weight is 236 g/mol. The zero-order valence-corrected chi connectivity index (χ0v) is 10.5. The largest absolute Gasteiger partial charge is 0.224 e. The Balaban J connectivity index is 2.78. The summed E-state index contributed by atoms with van der Waals surface area (Å²) in [6.45, 7) is 3.47. The molecule has 0 aliphatic rings. The Morgan fingerprint density at radius 1 is 1.19 bits per heavy atom. The summed E-state index contributed by atoms with van der Waals surface area (Å²) in [5, 5.41) is 0. The Labute approximate surface area is 97.6 Å². The molecule has 2 nitrogen and oxygen atoms in total. The normalized spacial score (nSPS) is 10.6. The summed E-state index contributed by atoms with van der Waals surface area (Å²) >= 11 is 0. The van der Waals surface area contributed by atoms with Gasteiger partial charge in [-0.15, -0.1) is 11.8 Å². The molecule has 0 fully saturated rings. The van der Waals surface area contributed by atoms with E-state index in [9.17, 15) is 8.42 Å². The molecule has 0 radical (unpaired) electrons. The molecular formula is C13H16O2S. The summed E-state index contributed by atoms with van der Waals surface area (Å²) in [6.07, 6.45) is 1.68. The first-order valence-corrected chi connectivity index (χ1v) is 6.96. The molecule has 0 N–H and O–H groups in total. The van der Waals surface area contributed by atoms with Crippen LogP contribution in [0.2, 0.25) is 0 Å². The van der Waals surface area contributed by atoms with Crippen LogP contribution in [-0.2, 0) is 16.3 Å². The molecular weight excluding hydrogens is 220 g/mol. The van der Waals surface area contributed by atoms with Crippen molar-refractivity contribution < 1.29 is 8.42 Å². The van der Waals surface area contributed by atoms with Gasteiger partial charge in [-0.2, -0.15) is 0 Å². The highest BCUT2D eigenvalue weighted by Crippen LogP contribution is 2.13. The third kappa shape index (κ3) is 3.39. The first-order valence-electron chi connectivity index (χ1n) is 5.31. The molecule has 16 heavy (non-hydrogen) atoms. The van der Waals surface area contributed by atoms with Crippen molar-refractivity contribution in [2.75, 3.05) is 5.75 Å². The van der Waals surface area contributed by atoms with Gasteiger partial charge < -0.3 is 0 Å². The van der Waals surface area contributed by atoms with E-state index in [2.05, 4.69) is 11.8 Å². The second-order valence-electron chi connectivity index (χ2n) is 3.47. The fraction of sp³-hybridized carbons (Fsp3) is 0.385. The molecule has 0 heterocycles. The number of benzene rings is 1. The lowest BCUT2D eigenvalue weighted by molar-refractivity contribution is 0.597. The first-order chi connectivity index (χ1) is 7.60. The van der Waals surface area contributed by atoms with Gasteiger partial charge in [-0.05, 0) is 31.0 Å². The van der Waals surface area contributed by atoms with Crippen molar-refractivity contribution in [3.05, 3.63) is 29.8 Å². The molecule has 0 unspecified atom stereocenters.